The van der Waals surface area contributed by atoms with Crippen LogP contribution in [0.15, 0.2) is 35.3 Å². The monoisotopic (exact) mass is 412 g/mol. The Morgan fingerprint density at radius 1 is 1.17 bits per heavy atom. The number of para-hydroxylation sites is 1. The summed E-state index contributed by atoms with van der Waals surface area (Å²) < 4.78 is 7.50. The Balaban J connectivity index is 1.71. The number of nitrogens with zero attached hydrogens (tertiary/aromatic N) is 4. The molecule has 7 heteroatoms. The number of nitrogens with one attached hydrogen (secondary N) is 2. The number of aliphatic imine (C=N–C) groups is 1. The summed E-state index contributed by atoms with van der Waals surface area (Å²) in [6, 6.07) is 10.4. The molecule has 3 rings (SSSR count). The molecule has 7 nitrogen and oxygen atoms in total. The number of aryl methyl sites for hydroxylation is 2. The second-order valence-corrected chi connectivity index (χ2v) is 8.43. The first-order valence-electron chi connectivity index (χ1n) is 10.9. The standard InChI is InChI=1S/C23H36N6O/c1-6-24-22(26-17-23(4,5)28-11-13-30-14-12-28)25-16-20-9-7-8-10-21(20)29-19(3)15-18(2)27-29/h7-10,15H,6,11-14,16-17H2,1-5H3,(H2,24,25,26). The largest absolute Gasteiger partial charge is 0.379 e. The Morgan fingerprint density at radius 3 is 2.57 bits per heavy atom. The maximum absolute atomic E-state index is 5.50. The lowest BCUT2D eigenvalue weighted by molar-refractivity contribution is -0.00834. The van der Waals surface area contributed by atoms with Gasteiger partial charge in [0.2, 0.25) is 0 Å². The summed E-state index contributed by atoms with van der Waals surface area (Å²) in [5.41, 5.74) is 4.40. The van der Waals surface area contributed by atoms with Gasteiger partial charge in [0.15, 0.2) is 5.96 Å². The molecule has 1 saturated heterocycles. The zero-order chi connectivity index (χ0) is 21.6. The molecule has 1 fully saturated rings. The molecule has 1 aliphatic rings. The molecule has 1 aromatic carbocycles. The van der Waals surface area contributed by atoms with Crippen LogP contribution >= 0.6 is 0 Å². The van der Waals surface area contributed by atoms with Crippen LogP contribution in [-0.4, -0.2) is 65.6 Å². The Labute approximate surface area is 180 Å². The van der Waals surface area contributed by atoms with E-state index >= 15 is 0 Å². The van der Waals surface area contributed by atoms with Gasteiger partial charge in [0.25, 0.3) is 0 Å². The second kappa shape index (κ2) is 10.1. The molecular formula is C23H36N6O. The zero-order valence-electron chi connectivity index (χ0n) is 19.0. The highest BCUT2D eigenvalue weighted by Gasteiger charge is 2.28. The van der Waals surface area contributed by atoms with E-state index in [1.54, 1.807) is 0 Å². The third-order valence-electron chi connectivity index (χ3n) is 5.54. The van der Waals surface area contributed by atoms with Crippen LogP contribution in [0.3, 0.4) is 0 Å². The third kappa shape index (κ3) is 5.61. The maximum Gasteiger partial charge on any atom is 0.191 e. The van der Waals surface area contributed by atoms with Crippen LogP contribution in [0.1, 0.15) is 37.7 Å². The third-order valence-corrected chi connectivity index (χ3v) is 5.54. The van der Waals surface area contributed by atoms with Crippen molar-refractivity contribution in [2.45, 2.75) is 46.7 Å². The molecule has 0 atom stereocenters. The van der Waals surface area contributed by atoms with Crippen molar-refractivity contribution < 1.29 is 4.74 Å². The maximum atomic E-state index is 5.50. The minimum absolute atomic E-state index is 0.0293. The predicted molar refractivity (Wildman–Crippen MR) is 122 cm³/mol. The van der Waals surface area contributed by atoms with Gasteiger partial charge in [-0.05, 0) is 52.3 Å². The van der Waals surface area contributed by atoms with E-state index < -0.39 is 0 Å². The summed E-state index contributed by atoms with van der Waals surface area (Å²) in [6.07, 6.45) is 0. The summed E-state index contributed by atoms with van der Waals surface area (Å²) in [5.74, 6) is 0.835. The number of morpholine rings is 1. The number of hydrogen-bond donors (Lipinski definition) is 2. The molecule has 164 valence electrons. The van der Waals surface area contributed by atoms with Gasteiger partial charge in [0.1, 0.15) is 0 Å². The van der Waals surface area contributed by atoms with Crippen LogP contribution in [-0.2, 0) is 11.3 Å². The van der Waals surface area contributed by atoms with E-state index in [1.165, 1.54) is 0 Å². The molecule has 1 aromatic heterocycles. The van der Waals surface area contributed by atoms with Crippen molar-refractivity contribution in [2.75, 3.05) is 39.4 Å². The van der Waals surface area contributed by atoms with Crippen LogP contribution < -0.4 is 10.6 Å². The van der Waals surface area contributed by atoms with Gasteiger partial charge in [-0.2, -0.15) is 5.10 Å². The molecular weight excluding hydrogens is 376 g/mol. The normalized spacial score (nSPS) is 16.0. The van der Waals surface area contributed by atoms with Gasteiger partial charge >= 0.3 is 0 Å². The average Bonchev–Trinajstić information content (AvgIpc) is 3.08. The number of rotatable bonds is 7. The summed E-state index contributed by atoms with van der Waals surface area (Å²) in [6.45, 7) is 16.5. The highest BCUT2D eigenvalue weighted by molar-refractivity contribution is 5.79. The van der Waals surface area contributed by atoms with Crippen LogP contribution in [0.4, 0.5) is 0 Å². The van der Waals surface area contributed by atoms with Gasteiger partial charge in [0, 0.05) is 37.4 Å². The van der Waals surface area contributed by atoms with Crippen LogP contribution in [0, 0.1) is 13.8 Å². The van der Waals surface area contributed by atoms with Crippen LogP contribution in [0.5, 0.6) is 0 Å². The molecule has 30 heavy (non-hydrogen) atoms. The van der Waals surface area contributed by atoms with E-state index in [9.17, 15) is 0 Å². The molecule has 0 aliphatic carbocycles. The molecule has 2 aromatic rings. The van der Waals surface area contributed by atoms with E-state index in [-0.39, 0.29) is 5.54 Å². The number of ether oxygens (including phenoxy) is 1. The van der Waals surface area contributed by atoms with Gasteiger partial charge in [-0.3, -0.25) is 4.90 Å². The lowest BCUT2D eigenvalue weighted by Crippen LogP contribution is -2.56. The van der Waals surface area contributed by atoms with Crippen molar-refractivity contribution in [3.05, 3.63) is 47.3 Å². The van der Waals surface area contributed by atoms with Crippen LogP contribution in [0.2, 0.25) is 0 Å². The van der Waals surface area contributed by atoms with Gasteiger partial charge in [-0.15, -0.1) is 0 Å². The first-order chi connectivity index (χ1) is 14.4. The number of aromatic nitrogens is 2. The molecule has 0 bridgehead atoms. The highest BCUT2D eigenvalue weighted by atomic mass is 16.5. The molecule has 0 radical (unpaired) electrons. The topological polar surface area (TPSA) is 66.7 Å². The van der Waals surface area contributed by atoms with E-state index in [4.69, 9.17) is 9.73 Å². The van der Waals surface area contributed by atoms with Crippen LogP contribution in [0.25, 0.3) is 5.69 Å². The number of guanidine groups is 1. The van der Waals surface area contributed by atoms with E-state index in [1.807, 2.05) is 17.7 Å². The zero-order valence-corrected chi connectivity index (χ0v) is 19.0. The lowest BCUT2D eigenvalue weighted by atomic mass is 10.0. The summed E-state index contributed by atoms with van der Waals surface area (Å²) in [5, 5.41) is 11.6. The average molecular weight is 413 g/mol. The molecule has 0 spiro atoms. The SMILES string of the molecule is CCNC(=NCc1ccccc1-n1nc(C)cc1C)NCC(C)(C)N1CCOCC1. The first-order valence-corrected chi connectivity index (χ1v) is 10.9. The predicted octanol–water partition coefficient (Wildman–Crippen LogP) is 2.66. The molecule has 0 unspecified atom stereocenters. The Kier molecular flexibility index (Phi) is 7.50. The Morgan fingerprint density at radius 2 is 1.90 bits per heavy atom. The lowest BCUT2D eigenvalue weighted by Gasteiger charge is -2.41. The minimum atomic E-state index is 0.0293. The highest BCUT2D eigenvalue weighted by Crippen LogP contribution is 2.18. The first kappa shape index (κ1) is 22.3. The van der Waals surface area contributed by atoms with Crippen molar-refractivity contribution in [1.29, 1.82) is 0 Å². The van der Waals surface area contributed by atoms with E-state index in [2.05, 4.69) is 72.6 Å². The van der Waals surface area contributed by atoms with Crippen molar-refractivity contribution in [1.82, 2.24) is 25.3 Å². The van der Waals surface area contributed by atoms with Crippen molar-refractivity contribution in [3.8, 4) is 5.69 Å². The van der Waals surface area contributed by atoms with Crippen molar-refractivity contribution in [2.24, 2.45) is 4.99 Å². The number of benzene rings is 1. The van der Waals surface area contributed by atoms with Gasteiger partial charge in [-0.1, -0.05) is 18.2 Å². The molecule has 1 aliphatic heterocycles. The van der Waals surface area contributed by atoms with Crippen molar-refractivity contribution in [3.63, 3.8) is 0 Å². The van der Waals surface area contributed by atoms with Gasteiger partial charge < -0.3 is 15.4 Å². The molecule has 2 heterocycles. The molecule has 0 amide bonds. The number of hydrogen-bond acceptors (Lipinski definition) is 4. The van der Waals surface area contributed by atoms with Gasteiger partial charge in [-0.25, -0.2) is 9.67 Å². The Hall–Kier alpha value is -2.38. The fourth-order valence-electron chi connectivity index (χ4n) is 3.81. The fourth-order valence-corrected chi connectivity index (χ4v) is 3.81. The quantitative estimate of drug-likeness (QED) is 0.541. The second-order valence-electron chi connectivity index (χ2n) is 8.43. The molecule has 0 saturated carbocycles. The minimum Gasteiger partial charge on any atom is -0.379 e. The summed E-state index contributed by atoms with van der Waals surface area (Å²) in [4.78, 5) is 7.34. The van der Waals surface area contributed by atoms with E-state index in [0.29, 0.717) is 6.54 Å². The smallest absolute Gasteiger partial charge is 0.191 e. The fraction of sp³-hybridized carbons (Fsp3) is 0.565. The summed E-state index contributed by atoms with van der Waals surface area (Å²) in [7, 11) is 0. The van der Waals surface area contributed by atoms with Gasteiger partial charge in [0.05, 0.1) is 31.1 Å². The van der Waals surface area contributed by atoms with E-state index in [0.717, 1.165) is 68.0 Å². The Bertz CT molecular complexity index is 851. The summed E-state index contributed by atoms with van der Waals surface area (Å²) >= 11 is 0. The van der Waals surface area contributed by atoms with Crippen molar-refractivity contribution >= 4 is 5.96 Å². The molecule has 2 N–H and O–H groups in total.